The van der Waals surface area contributed by atoms with Crippen LogP contribution in [-0.2, 0) is 4.79 Å². The zero-order valence-electron chi connectivity index (χ0n) is 13.5. The highest BCUT2D eigenvalue weighted by Crippen LogP contribution is 2.27. The summed E-state index contributed by atoms with van der Waals surface area (Å²) in [6.07, 6.45) is 3.99. The third-order valence-corrected chi connectivity index (χ3v) is 4.93. The molecule has 23 heavy (non-hydrogen) atoms. The lowest BCUT2D eigenvalue weighted by molar-refractivity contribution is -0.131. The van der Waals surface area contributed by atoms with Gasteiger partial charge < -0.3 is 20.3 Å². The van der Waals surface area contributed by atoms with Crippen LogP contribution in [0.2, 0.25) is 5.02 Å². The lowest BCUT2D eigenvalue weighted by Crippen LogP contribution is -2.39. The Hall–Kier alpha value is -1.46. The number of carbonyl (C=O) groups excluding carboxylic acids is 1. The summed E-state index contributed by atoms with van der Waals surface area (Å²) in [5.74, 6) is 0.950. The third kappa shape index (κ3) is 4.09. The summed E-state index contributed by atoms with van der Waals surface area (Å²) >= 11 is 6.01. The van der Waals surface area contributed by atoms with Gasteiger partial charge in [0, 0.05) is 43.2 Å². The van der Waals surface area contributed by atoms with Crippen molar-refractivity contribution in [2.24, 2.45) is 0 Å². The Morgan fingerprint density at radius 1 is 1.39 bits per heavy atom. The van der Waals surface area contributed by atoms with Crippen molar-refractivity contribution in [2.45, 2.75) is 37.8 Å². The van der Waals surface area contributed by atoms with Crippen molar-refractivity contribution in [1.82, 2.24) is 10.2 Å². The largest absolute Gasteiger partial charge is 0.495 e. The van der Waals surface area contributed by atoms with E-state index in [1.807, 2.05) is 17.0 Å². The second kappa shape index (κ2) is 7.41. The molecule has 2 N–H and O–H groups in total. The maximum atomic E-state index is 12.4. The third-order valence-electron chi connectivity index (χ3n) is 4.69. The van der Waals surface area contributed by atoms with Gasteiger partial charge in [0.15, 0.2) is 0 Å². The highest BCUT2D eigenvalue weighted by atomic mass is 35.5. The Kier molecular flexibility index (Phi) is 5.28. The monoisotopic (exact) mass is 337 g/mol. The van der Waals surface area contributed by atoms with Gasteiger partial charge >= 0.3 is 0 Å². The Balaban J connectivity index is 1.50. The molecule has 2 aliphatic rings. The first-order chi connectivity index (χ1) is 11.2. The molecule has 5 nitrogen and oxygen atoms in total. The SMILES string of the molecule is COc1ccc(Cl)cc1NCCC(=O)N1CCC2CCC(C1)N2. The molecule has 0 saturated carbocycles. The van der Waals surface area contributed by atoms with Gasteiger partial charge in [-0.25, -0.2) is 0 Å². The molecule has 2 saturated heterocycles. The number of hydrogen-bond donors (Lipinski definition) is 2. The fourth-order valence-electron chi connectivity index (χ4n) is 3.45. The Morgan fingerprint density at radius 2 is 2.22 bits per heavy atom. The van der Waals surface area contributed by atoms with Gasteiger partial charge in [-0.1, -0.05) is 11.6 Å². The molecule has 0 aliphatic carbocycles. The van der Waals surface area contributed by atoms with Gasteiger partial charge in [0.1, 0.15) is 5.75 Å². The molecule has 2 unspecified atom stereocenters. The van der Waals surface area contributed by atoms with Gasteiger partial charge in [-0.2, -0.15) is 0 Å². The molecule has 1 aromatic rings. The number of rotatable bonds is 5. The molecule has 2 bridgehead atoms. The molecule has 0 aromatic heterocycles. The number of amides is 1. The molecular formula is C17H24ClN3O2. The lowest BCUT2D eigenvalue weighted by atomic mass is 10.1. The molecular weight excluding hydrogens is 314 g/mol. The molecule has 1 aromatic carbocycles. The van der Waals surface area contributed by atoms with E-state index in [2.05, 4.69) is 10.6 Å². The van der Waals surface area contributed by atoms with Crippen molar-refractivity contribution in [1.29, 1.82) is 0 Å². The van der Waals surface area contributed by atoms with E-state index in [1.165, 1.54) is 12.8 Å². The number of carbonyl (C=O) groups is 1. The number of fused-ring (bicyclic) bond motifs is 2. The molecule has 3 rings (SSSR count). The Labute approximate surface area is 142 Å². The van der Waals surface area contributed by atoms with Crippen LogP contribution in [0.1, 0.15) is 25.7 Å². The van der Waals surface area contributed by atoms with Crippen LogP contribution in [-0.4, -0.2) is 49.6 Å². The van der Waals surface area contributed by atoms with Gasteiger partial charge in [-0.15, -0.1) is 0 Å². The fourth-order valence-corrected chi connectivity index (χ4v) is 3.62. The smallest absolute Gasteiger partial charge is 0.224 e. The summed E-state index contributed by atoms with van der Waals surface area (Å²) in [5.41, 5.74) is 0.824. The van der Waals surface area contributed by atoms with Gasteiger partial charge in [0.25, 0.3) is 0 Å². The zero-order valence-corrected chi connectivity index (χ0v) is 14.2. The number of nitrogens with zero attached hydrogens (tertiary/aromatic N) is 1. The fraction of sp³-hybridized carbons (Fsp3) is 0.588. The van der Waals surface area contributed by atoms with Gasteiger partial charge in [0.05, 0.1) is 12.8 Å². The van der Waals surface area contributed by atoms with Crippen molar-refractivity contribution in [3.8, 4) is 5.75 Å². The minimum atomic E-state index is 0.216. The van der Waals surface area contributed by atoms with Crippen LogP contribution >= 0.6 is 11.6 Å². The molecule has 2 atom stereocenters. The first-order valence-electron chi connectivity index (χ1n) is 8.27. The Morgan fingerprint density at radius 3 is 3.04 bits per heavy atom. The minimum absolute atomic E-state index is 0.216. The van der Waals surface area contributed by atoms with Gasteiger partial charge in [-0.05, 0) is 37.5 Å². The number of ether oxygens (including phenoxy) is 1. The first kappa shape index (κ1) is 16.4. The average Bonchev–Trinajstić information content (AvgIpc) is 2.86. The van der Waals surface area contributed by atoms with Gasteiger partial charge in [-0.3, -0.25) is 4.79 Å². The summed E-state index contributed by atoms with van der Waals surface area (Å²) in [5, 5.41) is 7.50. The van der Waals surface area contributed by atoms with Gasteiger partial charge in [0.2, 0.25) is 5.91 Å². The summed E-state index contributed by atoms with van der Waals surface area (Å²) in [7, 11) is 1.62. The number of likely N-dealkylation sites (tertiary alicyclic amines) is 1. The minimum Gasteiger partial charge on any atom is -0.495 e. The van der Waals surface area contributed by atoms with Crippen LogP contribution in [0.25, 0.3) is 0 Å². The van der Waals surface area contributed by atoms with E-state index < -0.39 is 0 Å². The van der Waals surface area contributed by atoms with Crippen LogP contribution in [0.5, 0.6) is 5.75 Å². The van der Waals surface area contributed by atoms with E-state index in [-0.39, 0.29) is 5.91 Å². The maximum Gasteiger partial charge on any atom is 0.224 e. The van der Waals surface area contributed by atoms with Crippen molar-refractivity contribution < 1.29 is 9.53 Å². The summed E-state index contributed by atoms with van der Waals surface area (Å²) in [6.45, 7) is 2.29. The number of hydrogen-bond acceptors (Lipinski definition) is 4. The van der Waals surface area contributed by atoms with E-state index in [9.17, 15) is 4.79 Å². The lowest BCUT2D eigenvalue weighted by Gasteiger charge is -2.24. The molecule has 2 fully saturated rings. The van der Waals surface area contributed by atoms with Crippen molar-refractivity contribution >= 4 is 23.2 Å². The molecule has 6 heteroatoms. The van der Waals surface area contributed by atoms with Crippen LogP contribution in [0, 0.1) is 0 Å². The van der Waals surface area contributed by atoms with E-state index >= 15 is 0 Å². The topological polar surface area (TPSA) is 53.6 Å². The Bertz CT molecular complexity index is 567. The van der Waals surface area contributed by atoms with E-state index in [1.54, 1.807) is 13.2 Å². The normalized spacial score (nSPS) is 23.5. The van der Waals surface area contributed by atoms with Crippen LogP contribution in [0.3, 0.4) is 0 Å². The zero-order chi connectivity index (χ0) is 16.2. The number of methoxy groups -OCH3 is 1. The number of benzene rings is 1. The highest BCUT2D eigenvalue weighted by molar-refractivity contribution is 6.30. The molecule has 0 spiro atoms. The molecule has 2 aliphatic heterocycles. The quantitative estimate of drug-likeness (QED) is 0.867. The first-order valence-corrected chi connectivity index (χ1v) is 8.64. The number of nitrogens with one attached hydrogen (secondary N) is 2. The van der Waals surface area contributed by atoms with Crippen LogP contribution in [0.15, 0.2) is 18.2 Å². The standard InChI is InChI=1S/C17H24ClN3O2/c1-23-16-5-2-12(18)10-15(16)19-8-6-17(22)21-9-7-13-3-4-14(11-21)20-13/h2,5,10,13-14,19-20H,3-4,6-9,11H2,1H3. The maximum absolute atomic E-state index is 12.4. The average molecular weight is 338 g/mol. The molecule has 2 heterocycles. The molecule has 1 amide bonds. The second-order valence-electron chi connectivity index (χ2n) is 6.29. The highest BCUT2D eigenvalue weighted by Gasteiger charge is 2.30. The number of halogens is 1. The van der Waals surface area contributed by atoms with Crippen molar-refractivity contribution in [2.75, 3.05) is 32.1 Å². The summed E-state index contributed by atoms with van der Waals surface area (Å²) < 4.78 is 5.30. The number of anilines is 1. The van der Waals surface area contributed by atoms with E-state index in [4.69, 9.17) is 16.3 Å². The molecule has 126 valence electrons. The van der Waals surface area contributed by atoms with Crippen LogP contribution in [0.4, 0.5) is 5.69 Å². The second-order valence-corrected chi connectivity index (χ2v) is 6.72. The summed E-state index contributed by atoms with van der Waals surface area (Å²) in [6, 6.07) is 6.51. The molecule has 0 radical (unpaired) electrons. The predicted octanol–water partition coefficient (Wildman–Crippen LogP) is 2.50. The van der Waals surface area contributed by atoms with Crippen molar-refractivity contribution in [3.05, 3.63) is 23.2 Å². The van der Waals surface area contributed by atoms with E-state index in [0.29, 0.717) is 30.1 Å². The van der Waals surface area contributed by atoms with Crippen LogP contribution < -0.4 is 15.4 Å². The summed E-state index contributed by atoms with van der Waals surface area (Å²) in [4.78, 5) is 14.4. The van der Waals surface area contributed by atoms with Crippen molar-refractivity contribution in [3.63, 3.8) is 0 Å². The van der Waals surface area contributed by atoms with E-state index in [0.717, 1.165) is 30.9 Å². The predicted molar refractivity (Wildman–Crippen MR) is 92.3 cm³/mol.